The molecule has 0 saturated carbocycles. The quantitative estimate of drug-likeness (QED) is 0.531. The van der Waals surface area contributed by atoms with Crippen LogP contribution in [0.1, 0.15) is 25.8 Å². The first kappa shape index (κ1) is 18.6. The molecule has 0 aromatic heterocycles. The Morgan fingerprint density at radius 2 is 2.04 bits per heavy atom. The molecule has 25 heavy (non-hydrogen) atoms. The fourth-order valence-corrected chi connectivity index (χ4v) is 4.52. The summed E-state index contributed by atoms with van der Waals surface area (Å²) in [4.78, 5) is 1.21. The maximum absolute atomic E-state index is 6.94. The second kappa shape index (κ2) is 8.48. The van der Waals surface area contributed by atoms with Gasteiger partial charge in [0.2, 0.25) is 0 Å². The lowest BCUT2D eigenvalue weighted by atomic mass is 9.90. The van der Waals surface area contributed by atoms with Gasteiger partial charge in [-0.05, 0) is 48.9 Å². The molecule has 1 N–H and O–H groups in total. The largest absolute Gasteiger partial charge is 0.492 e. The Morgan fingerprint density at radius 1 is 1.24 bits per heavy atom. The fourth-order valence-electron chi connectivity index (χ4n) is 3.60. The number of benzene rings is 2. The summed E-state index contributed by atoms with van der Waals surface area (Å²) < 4.78 is 6.14. The molecule has 0 amide bonds. The van der Waals surface area contributed by atoms with Crippen molar-refractivity contribution < 1.29 is 4.74 Å². The van der Waals surface area contributed by atoms with Gasteiger partial charge in [0.15, 0.2) is 0 Å². The second-order valence-electron chi connectivity index (χ2n) is 6.67. The lowest BCUT2D eigenvalue weighted by Gasteiger charge is -2.29. The minimum atomic E-state index is 0.306. The fraction of sp³-hybridized carbons (Fsp3) is 0.429. The molecule has 0 aliphatic carbocycles. The summed E-state index contributed by atoms with van der Waals surface area (Å²) in [6, 6.07) is 12.8. The van der Waals surface area contributed by atoms with Crippen molar-refractivity contribution in [3.63, 3.8) is 0 Å². The van der Waals surface area contributed by atoms with Crippen LogP contribution in [-0.4, -0.2) is 26.0 Å². The van der Waals surface area contributed by atoms with Crippen LogP contribution in [0.5, 0.6) is 0 Å². The number of rotatable bonds is 5. The number of fused-ring (bicyclic) bond motifs is 1. The van der Waals surface area contributed by atoms with E-state index in [1.165, 1.54) is 15.7 Å². The van der Waals surface area contributed by atoms with Crippen LogP contribution in [0.4, 0.5) is 0 Å². The number of nitrogens with one attached hydrogen (secondary N) is 1. The van der Waals surface area contributed by atoms with Gasteiger partial charge in [0.25, 0.3) is 0 Å². The molecule has 1 aliphatic heterocycles. The van der Waals surface area contributed by atoms with Gasteiger partial charge in [0.1, 0.15) is 5.76 Å². The summed E-state index contributed by atoms with van der Waals surface area (Å²) in [5.74, 6) is 1.79. The number of hydrogen-bond donors (Lipinski definition) is 1. The smallest absolute Gasteiger partial charge is 0.143 e. The Kier molecular flexibility index (Phi) is 6.32. The highest BCUT2D eigenvalue weighted by atomic mass is 35.5. The molecule has 0 radical (unpaired) electrons. The Balaban J connectivity index is 2.17. The van der Waals surface area contributed by atoms with Crippen LogP contribution in [0.3, 0.4) is 0 Å². The Hall–Kier alpha value is -1.16. The molecule has 1 heterocycles. The molecule has 1 fully saturated rings. The third-order valence-corrected chi connectivity index (χ3v) is 6.03. The van der Waals surface area contributed by atoms with Crippen molar-refractivity contribution in [3.05, 3.63) is 47.0 Å². The van der Waals surface area contributed by atoms with E-state index in [4.69, 9.17) is 16.3 Å². The zero-order valence-electron chi connectivity index (χ0n) is 15.1. The van der Waals surface area contributed by atoms with Crippen molar-refractivity contribution in [3.8, 4) is 0 Å². The van der Waals surface area contributed by atoms with Crippen molar-refractivity contribution in [2.75, 3.05) is 26.0 Å². The standard InChI is InChI=1S/C21H26ClNOS/c1-4-24-21(20(22)16-11-14(2)12-23-13-16)19-17-8-6-5-7-15(17)9-10-18(19)25-3/h5-10,14,16,23H,4,11-13H2,1-3H3. The highest BCUT2D eigenvalue weighted by Crippen LogP contribution is 2.40. The van der Waals surface area contributed by atoms with Gasteiger partial charge in [-0.3, -0.25) is 0 Å². The highest BCUT2D eigenvalue weighted by Gasteiger charge is 2.26. The molecular weight excluding hydrogens is 350 g/mol. The molecule has 0 spiro atoms. The zero-order chi connectivity index (χ0) is 17.8. The van der Waals surface area contributed by atoms with E-state index in [1.807, 2.05) is 6.92 Å². The first-order chi connectivity index (χ1) is 12.2. The predicted octanol–water partition coefficient (Wildman–Crippen LogP) is 5.75. The van der Waals surface area contributed by atoms with Crippen molar-refractivity contribution in [2.24, 2.45) is 11.8 Å². The van der Waals surface area contributed by atoms with E-state index in [0.717, 1.165) is 35.9 Å². The van der Waals surface area contributed by atoms with E-state index in [2.05, 4.69) is 54.9 Å². The van der Waals surface area contributed by atoms with Crippen molar-refractivity contribution in [1.29, 1.82) is 0 Å². The monoisotopic (exact) mass is 375 g/mol. The Labute approximate surface area is 160 Å². The molecular formula is C21H26ClNOS. The van der Waals surface area contributed by atoms with E-state index >= 15 is 0 Å². The van der Waals surface area contributed by atoms with Crippen molar-refractivity contribution in [2.45, 2.75) is 25.2 Å². The Morgan fingerprint density at radius 3 is 2.76 bits per heavy atom. The Bertz CT molecular complexity index is 774. The summed E-state index contributed by atoms with van der Waals surface area (Å²) >= 11 is 8.68. The number of piperidine rings is 1. The molecule has 1 saturated heterocycles. The van der Waals surface area contributed by atoms with Crippen LogP contribution < -0.4 is 5.32 Å². The third kappa shape index (κ3) is 3.99. The van der Waals surface area contributed by atoms with Crippen LogP contribution >= 0.6 is 23.4 Å². The number of halogens is 1. The molecule has 2 unspecified atom stereocenters. The van der Waals surface area contributed by atoms with Gasteiger partial charge in [-0.25, -0.2) is 0 Å². The normalized spacial score (nSPS) is 21.9. The maximum atomic E-state index is 6.94. The number of thioether (sulfide) groups is 1. The molecule has 2 aromatic rings. The SMILES string of the molecule is CCOC(=C(Cl)C1CNCC(C)C1)c1c(SC)ccc2ccccc12. The summed E-state index contributed by atoms with van der Waals surface area (Å²) in [6.45, 7) is 6.89. The summed E-state index contributed by atoms with van der Waals surface area (Å²) in [7, 11) is 0. The molecule has 4 heteroatoms. The van der Waals surface area contributed by atoms with Gasteiger partial charge in [-0.1, -0.05) is 48.9 Å². The zero-order valence-corrected chi connectivity index (χ0v) is 16.7. The van der Waals surface area contributed by atoms with Gasteiger partial charge < -0.3 is 10.1 Å². The molecule has 134 valence electrons. The van der Waals surface area contributed by atoms with Crippen molar-refractivity contribution >= 4 is 39.9 Å². The van der Waals surface area contributed by atoms with Crippen LogP contribution in [0.2, 0.25) is 0 Å². The number of ether oxygens (including phenoxy) is 1. The molecule has 2 atom stereocenters. The van der Waals surface area contributed by atoms with Gasteiger partial charge in [0, 0.05) is 22.9 Å². The molecule has 1 aliphatic rings. The van der Waals surface area contributed by atoms with Crippen LogP contribution in [0, 0.1) is 11.8 Å². The predicted molar refractivity (Wildman–Crippen MR) is 110 cm³/mol. The summed E-state index contributed by atoms with van der Waals surface area (Å²) in [6.07, 6.45) is 3.21. The highest BCUT2D eigenvalue weighted by molar-refractivity contribution is 7.98. The van der Waals surface area contributed by atoms with Crippen LogP contribution in [0.25, 0.3) is 16.5 Å². The minimum Gasteiger partial charge on any atom is -0.492 e. The molecule has 0 bridgehead atoms. The lowest BCUT2D eigenvalue weighted by Crippen LogP contribution is -2.35. The third-order valence-electron chi connectivity index (χ3n) is 4.77. The first-order valence-corrected chi connectivity index (χ1v) is 10.5. The van der Waals surface area contributed by atoms with Gasteiger partial charge >= 0.3 is 0 Å². The summed E-state index contributed by atoms with van der Waals surface area (Å²) in [5, 5.41) is 6.77. The average molecular weight is 376 g/mol. The molecule has 2 nitrogen and oxygen atoms in total. The topological polar surface area (TPSA) is 21.3 Å². The molecule has 2 aromatic carbocycles. The van der Waals surface area contributed by atoms with Crippen LogP contribution in [-0.2, 0) is 4.74 Å². The van der Waals surface area contributed by atoms with Gasteiger partial charge in [-0.15, -0.1) is 11.8 Å². The van der Waals surface area contributed by atoms with E-state index in [1.54, 1.807) is 11.8 Å². The average Bonchev–Trinajstić information content (AvgIpc) is 2.65. The maximum Gasteiger partial charge on any atom is 0.143 e. The van der Waals surface area contributed by atoms with Crippen LogP contribution in [0.15, 0.2) is 46.3 Å². The van der Waals surface area contributed by atoms with Crippen molar-refractivity contribution in [1.82, 2.24) is 5.32 Å². The second-order valence-corrected chi connectivity index (χ2v) is 7.93. The summed E-state index contributed by atoms with van der Waals surface area (Å²) in [5.41, 5.74) is 1.13. The van der Waals surface area contributed by atoms with E-state index < -0.39 is 0 Å². The van der Waals surface area contributed by atoms with E-state index in [9.17, 15) is 0 Å². The lowest BCUT2D eigenvalue weighted by molar-refractivity contribution is 0.286. The van der Waals surface area contributed by atoms with Gasteiger partial charge in [-0.2, -0.15) is 0 Å². The number of hydrogen-bond acceptors (Lipinski definition) is 3. The first-order valence-electron chi connectivity index (χ1n) is 8.95. The van der Waals surface area contributed by atoms with E-state index in [0.29, 0.717) is 18.4 Å². The van der Waals surface area contributed by atoms with Gasteiger partial charge in [0.05, 0.1) is 11.6 Å². The van der Waals surface area contributed by atoms with E-state index in [-0.39, 0.29) is 0 Å². The minimum absolute atomic E-state index is 0.306. The molecule has 3 rings (SSSR count).